The Kier molecular flexibility index (Phi) is 6.77. The first-order chi connectivity index (χ1) is 13.6. The molecule has 1 aromatic heterocycles. The SMILES string of the molecule is CC(C)NC(=O)C[C@@H]1C[C@H]2O[C@H](CNCc3cnccc3C(F)(F)F)[C@@H](O)[C@H]2O1. The lowest BCUT2D eigenvalue weighted by Crippen LogP contribution is -2.39. The molecule has 7 nitrogen and oxygen atoms in total. The van der Waals surface area contributed by atoms with Crippen molar-refractivity contribution in [2.45, 2.75) is 76.0 Å². The van der Waals surface area contributed by atoms with E-state index in [0.29, 0.717) is 6.42 Å². The average Bonchev–Trinajstić information content (AvgIpc) is 3.12. The van der Waals surface area contributed by atoms with E-state index >= 15 is 0 Å². The third kappa shape index (κ3) is 5.44. The molecule has 0 spiro atoms. The topological polar surface area (TPSA) is 92.7 Å². The number of rotatable bonds is 7. The molecule has 1 amide bonds. The zero-order chi connectivity index (χ0) is 21.2. The summed E-state index contributed by atoms with van der Waals surface area (Å²) in [4.78, 5) is 15.6. The van der Waals surface area contributed by atoms with Gasteiger partial charge in [0.2, 0.25) is 5.91 Å². The summed E-state index contributed by atoms with van der Waals surface area (Å²) < 4.78 is 50.7. The van der Waals surface area contributed by atoms with Crippen LogP contribution in [-0.4, -0.2) is 59.1 Å². The monoisotopic (exact) mass is 417 g/mol. The average molecular weight is 417 g/mol. The second-order valence-corrected chi connectivity index (χ2v) is 7.75. The van der Waals surface area contributed by atoms with Crippen LogP contribution in [0.5, 0.6) is 0 Å². The van der Waals surface area contributed by atoms with Crippen LogP contribution >= 0.6 is 0 Å². The van der Waals surface area contributed by atoms with Crippen LogP contribution in [0.3, 0.4) is 0 Å². The predicted octanol–water partition coefficient (Wildman–Crippen LogP) is 1.39. The van der Waals surface area contributed by atoms with Crippen molar-refractivity contribution in [1.29, 1.82) is 0 Å². The lowest BCUT2D eigenvalue weighted by atomic mass is 10.1. The van der Waals surface area contributed by atoms with Gasteiger partial charge in [-0.2, -0.15) is 13.2 Å². The van der Waals surface area contributed by atoms with Crippen LogP contribution in [0.2, 0.25) is 0 Å². The van der Waals surface area contributed by atoms with E-state index in [4.69, 9.17) is 9.47 Å². The summed E-state index contributed by atoms with van der Waals surface area (Å²) in [5, 5.41) is 16.1. The van der Waals surface area contributed by atoms with Crippen molar-refractivity contribution in [3.8, 4) is 0 Å². The zero-order valence-electron chi connectivity index (χ0n) is 16.3. The number of hydrogen-bond acceptors (Lipinski definition) is 6. The largest absolute Gasteiger partial charge is 0.416 e. The van der Waals surface area contributed by atoms with Crippen LogP contribution in [0.4, 0.5) is 13.2 Å². The summed E-state index contributed by atoms with van der Waals surface area (Å²) in [6.07, 6.45) is -4.19. The lowest BCUT2D eigenvalue weighted by molar-refractivity contribution is -0.138. The number of nitrogens with one attached hydrogen (secondary N) is 2. The summed E-state index contributed by atoms with van der Waals surface area (Å²) in [5.74, 6) is -0.116. The molecule has 2 aliphatic rings. The van der Waals surface area contributed by atoms with Crippen LogP contribution in [-0.2, 0) is 27.0 Å². The summed E-state index contributed by atoms with van der Waals surface area (Å²) in [6.45, 7) is 3.86. The molecule has 1 aromatic rings. The Morgan fingerprint density at radius 2 is 2.14 bits per heavy atom. The second-order valence-electron chi connectivity index (χ2n) is 7.75. The van der Waals surface area contributed by atoms with E-state index in [-0.39, 0.29) is 49.2 Å². The molecule has 2 fully saturated rings. The molecule has 0 unspecified atom stereocenters. The Bertz CT molecular complexity index is 716. The highest BCUT2D eigenvalue weighted by atomic mass is 19.4. The first-order valence-electron chi connectivity index (χ1n) is 9.64. The molecule has 10 heteroatoms. The van der Waals surface area contributed by atoms with Gasteiger partial charge in [0.25, 0.3) is 0 Å². The van der Waals surface area contributed by atoms with Gasteiger partial charge in [-0.1, -0.05) is 0 Å². The van der Waals surface area contributed by atoms with Gasteiger partial charge in [0.05, 0.1) is 30.3 Å². The van der Waals surface area contributed by atoms with Crippen molar-refractivity contribution in [1.82, 2.24) is 15.6 Å². The molecule has 0 saturated carbocycles. The third-order valence-electron chi connectivity index (χ3n) is 5.01. The molecule has 3 rings (SSSR count). The standard InChI is InChI=1S/C19H26F3N3O4/c1-10(2)25-16(26)6-12-5-14-18(28-12)17(27)15(29-14)9-24-8-11-7-23-4-3-13(11)19(20,21)22/h3-4,7,10,12,14-15,17-18,24,27H,5-6,8-9H2,1-2H3,(H,25,26)/t12-,14+,15+,17+,18-/m0/s1. The van der Waals surface area contributed by atoms with E-state index in [2.05, 4.69) is 15.6 Å². The fourth-order valence-corrected chi connectivity index (χ4v) is 3.79. The van der Waals surface area contributed by atoms with Gasteiger partial charge < -0.3 is 25.2 Å². The fourth-order valence-electron chi connectivity index (χ4n) is 3.79. The van der Waals surface area contributed by atoms with E-state index in [1.165, 1.54) is 6.20 Å². The number of carbonyl (C=O) groups excluding carboxylic acids is 1. The maximum absolute atomic E-state index is 13.0. The highest BCUT2D eigenvalue weighted by molar-refractivity contribution is 5.76. The van der Waals surface area contributed by atoms with Crippen molar-refractivity contribution >= 4 is 5.91 Å². The molecule has 162 valence electrons. The minimum atomic E-state index is -4.45. The third-order valence-corrected chi connectivity index (χ3v) is 5.01. The van der Waals surface area contributed by atoms with Gasteiger partial charge in [0, 0.05) is 37.9 Å². The van der Waals surface area contributed by atoms with Gasteiger partial charge in [0.1, 0.15) is 12.2 Å². The number of nitrogens with zero attached hydrogens (tertiary/aromatic N) is 1. The normalized spacial score (nSPS) is 29.3. The molecule has 3 heterocycles. The Balaban J connectivity index is 1.47. The number of aromatic nitrogens is 1. The van der Waals surface area contributed by atoms with Crippen molar-refractivity contribution < 1.29 is 32.5 Å². The summed E-state index contributed by atoms with van der Waals surface area (Å²) in [5.41, 5.74) is -0.712. The molecule has 0 radical (unpaired) electrons. The number of aliphatic hydroxyl groups is 1. The highest BCUT2D eigenvalue weighted by Gasteiger charge is 2.50. The first-order valence-corrected chi connectivity index (χ1v) is 9.64. The number of alkyl halides is 3. The van der Waals surface area contributed by atoms with E-state index in [1.54, 1.807) is 0 Å². The van der Waals surface area contributed by atoms with Gasteiger partial charge in [-0.15, -0.1) is 0 Å². The van der Waals surface area contributed by atoms with Crippen LogP contribution in [0, 0.1) is 0 Å². The Morgan fingerprint density at radius 3 is 2.79 bits per heavy atom. The minimum Gasteiger partial charge on any atom is -0.388 e. The van der Waals surface area contributed by atoms with E-state index in [9.17, 15) is 23.1 Å². The van der Waals surface area contributed by atoms with Gasteiger partial charge in [-0.3, -0.25) is 9.78 Å². The number of amides is 1. The molecule has 0 aromatic carbocycles. The second kappa shape index (κ2) is 8.95. The number of pyridine rings is 1. The van der Waals surface area contributed by atoms with Crippen LogP contribution in [0.25, 0.3) is 0 Å². The molecule has 2 saturated heterocycles. The fraction of sp³-hybridized carbons (Fsp3) is 0.684. The van der Waals surface area contributed by atoms with Gasteiger partial charge in [-0.05, 0) is 25.5 Å². The zero-order valence-corrected chi connectivity index (χ0v) is 16.3. The number of fused-ring (bicyclic) bond motifs is 1. The van der Waals surface area contributed by atoms with Gasteiger partial charge >= 0.3 is 6.18 Å². The molecule has 2 aliphatic heterocycles. The maximum Gasteiger partial charge on any atom is 0.416 e. The highest BCUT2D eigenvalue weighted by Crippen LogP contribution is 2.35. The minimum absolute atomic E-state index is 0.0279. The smallest absolute Gasteiger partial charge is 0.388 e. The van der Waals surface area contributed by atoms with Crippen molar-refractivity contribution in [2.75, 3.05) is 6.54 Å². The van der Waals surface area contributed by atoms with E-state index in [0.717, 1.165) is 12.3 Å². The van der Waals surface area contributed by atoms with Crippen molar-refractivity contribution in [3.05, 3.63) is 29.6 Å². The lowest BCUT2D eigenvalue weighted by Gasteiger charge is -2.21. The maximum atomic E-state index is 13.0. The predicted molar refractivity (Wildman–Crippen MR) is 96.8 cm³/mol. The quantitative estimate of drug-likeness (QED) is 0.621. The van der Waals surface area contributed by atoms with E-state index in [1.807, 2.05) is 13.8 Å². The number of halogens is 3. The number of hydrogen-bond donors (Lipinski definition) is 3. The summed E-state index contributed by atoms with van der Waals surface area (Å²) >= 11 is 0. The van der Waals surface area contributed by atoms with Gasteiger partial charge in [0.15, 0.2) is 0 Å². The van der Waals surface area contributed by atoms with E-state index < -0.39 is 30.1 Å². The molecule has 29 heavy (non-hydrogen) atoms. The van der Waals surface area contributed by atoms with Crippen molar-refractivity contribution in [3.63, 3.8) is 0 Å². The Hall–Kier alpha value is -1.75. The summed E-state index contributed by atoms with van der Waals surface area (Å²) in [6, 6.07) is 0.976. The molecule has 3 N–H and O–H groups in total. The molecule has 0 aliphatic carbocycles. The first kappa shape index (κ1) is 21.9. The summed E-state index contributed by atoms with van der Waals surface area (Å²) in [7, 11) is 0. The van der Waals surface area contributed by atoms with Crippen LogP contribution in [0.1, 0.15) is 37.8 Å². The molecule has 5 atom stereocenters. The molecular formula is C19H26F3N3O4. The number of aliphatic hydroxyl groups excluding tert-OH is 1. The number of carbonyl (C=O) groups is 1. The van der Waals surface area contributed by atoms with Crippen LogP contribution in [0.15, 0.2) is 18.5 Å². The Morgan fingerprint density at radius 1 is 1.38 bits per heavy atom. The van der Waals surface area contributed by atoms with Crippen molar-refractivity contribution in [2.24, 2.45) is 0 Å². The molecular weight excluding hydrogens is 391 g/mol. The van der Waals surface area contributed by atoms with Gasteiger partial charge in [-0.25, -0.2) is 0 Å². The molecule has 0 bridgehead atoms. The van der Waals surface area contributed by atoms with Crippen LogP contribution < -0.4 is 10.6 Å². The Labute approximate surface area is 167 Å². The number of ether oxygens (including phenoxy) is 2.